The van der Waals surface area contributed by atoms with Gasteiger partial charge in [0.15, 0.2) is 0 Å². The lowest BCUT2D eigenvalue weighted by atomic mass is 9.92. The van der Waals surface area contributed by atoms with Crippen LogP contribution in [0.2, 0.25) is 0 Å². The first-order valence-electron chi connectivity index (χ1n) is 8.97. The highest BCUT2D eigenvalue weighted by Crippen LogP contribution is 2.33. The number of amides is 1. The zero-order valence-corrected chi connectivity index (χ0v) is 16.5. The van der Waals surface area contributed by atoms with Crippen LogP contribution in [0.5, 0.6) is 0 Å². The molecule has 1 amide bonds. The monoisotopic (exact) mass is 394 g/mol. The van der Waals surface area contributed by atoms with Gasteiger partial charge >= 0.3 is 0 Å². The van der Waals surface area contributed by atoms with Gasteiger partial charge in [0, 0.05) is 26.2 Å². The molecule has 1 fully saturated rings. The Kier molecular flexibility index (Phi) is 5.85. The Balaban J connectivity index is 1.60. The minimum absolute atomic E-state index is 0.215. The Morgan fingerprint density at radius 2 is 1.93 bits per heavy atom. The highest BCUT2D eigenvalue weighted by atomic mass is 32.2. The van der Waals surface area contributed by atoms with E-state index in [9.17, 15) is 13.2 Å². The molecule has 1 aromatic carbocycles. The largest absolute Gasteiger partial charge is 0.349 e. The molecule has 0 aromatic heterocycles. The molecule has 0 unspecified atom stereocenters. The van der Waals surface area contributed by atoms with Gasteiger partial charge < -0.3 is 10.2 Å². The summed E-state index contributed by atoms with van der Waals surface area (Å²) >= 11 is 0. The molecule has 2 heterocycles. The summed E-state index contributed by atoms with van der Waals surface area (Å²) in [6.45, 7) is 1.97. The maximum Gasteiger partial charge on any atom is 0.269 e. The molecule has 3 rings (SSSR count). The van der Waals surface area contributed by atoms with E-state index in [0.717, 1.165) is 6.54 Å². The van der Waals surface area contributed by atoms with Crippen LogP contribution >= 0.6 is 0 Å². The predicted octanol–water partition coefficient (Wildman–Crippen LogP) is 0.306. The van der Waals surface area contributed by atoms with Gasteiger partial charge in [-0.1, -0.05) is 18.2 Å². The van der Waals surface area contributed by atoms with E-state index in [-0.39, 0.29) is 5.91 Å². The Bertz CT molecular complexity index is 800. The number of hydrogen-bond donors (Lipinski definition) is 2. The number of hydroxylamine groups is 1. The van der Waals surface area contributed by atoms with Crippen molar-refractivity contribution in [2.24, 2.45) is 0 Å². The molecule has 1 spiro atoms. The fraction of sp³-hybridized carbons (Fsp3) is 0.500. The van der Waals surface area contributed by atoms with Crippen LogP contribution in [0.15, 0.2) is 47.0 Å². The van der Waals surface area contributed by atoms with Crippen LogP contribution in [0.1, 0.15) is 12.8 Å². The molecule has 2 N–H and O–H groups in total. The second kappa shape index (κ2) is 7.97. The lowest BCUT2D eigenvalue weighted by Crippen LogP contribution is -2.46. The lowest BCUT2D eigenvalue weighted by Gasteiger charge is -2.35. The summed E-state index contributed by atoms with van der Waals surface area (Å²) in [7, 11) is 0.373. The average Bonchev–Trinajstić information content (AvgIpc) is 3.06. The van der Waals surface area contributed by atoms with E-state index >= 15 is 0 Å². The molecule has 8 nitrogen and oxygen atoms in total. The van der Waals surface area contributed by atoms with Crippen molar-refractivity contribution in [3.05, 3.63) is 42.1 Å². The summed E-state index contributed by atoms with van der Waals surface area (Å²) in [6.07, 6.45) is 2.76. The van der Waals surface area contributed by atoms with Crippen molar-refractivity contribution in [3.8, 4) is 0 Å². The molecule has 0 aliphatic carbocycles. The highest BCUT2D eigenvalue weighted by Gasteiger charge is 2.42. The highest BCUT2D eigenvalue weighted by molar-refractivity contribution is 7.89. The van der Waals surface area contributed by atoms with Gasteiger partial charge in [-0.05, 0) is 45.1 Å². The first-order chi connectivity index (χ1) is 12.8. The summed E-state index contributed by atoms with van der Waals surface area (Å²) in [6, 6.07) is 8.42. The van der Waals surface area contributed by atoms with Crippen LogP contribution in [0.25, 0.3) is 0 Å². The summed E-state index contributed by atoms with van der Waals surface area (Å²) in [5, 5.41) is 2.83. The first-order valence-corrected chi connectivity index (χ1v) is 10.4. The number of sulfonamides is 1. The van der Waals surface area contributed by atoms with Crippen molar-refractivity contribution in [1.82, 2.24) is 20.0 Å². The van der Waals surface area contributed by atoms with Crippen molar-refractivity contribution in [1.29, 1.82) is 0 Å². The maximum absolute atomic E-state index is 12.7. The Labute approximate surface area is 160 Å². The van der Waals surface area contributed by atoms with E-state index in [2.05, 4.69) is 10.8 Å². The molecule has 148 valence electrons. The molecule has 2 aliphatic rings. The summed E-state index contributed by atoms with van der Waals surface area (Å²) in [4.78, 5) is 20.2. The van der Waals surface area contributed by atoms with Crippen molar-refractivity contribution < 1.29 is 18.0 Å². The molecule has 1 aromatic rings. The van der Waals surface area contributed by atoms with Gasteiger partial charge in [-0.2, -0.15) is 4.31 Å². The van der Waals surface area contributed by atoms with Crippen molar-refractivity contribution in [3.63, 3.8) is 0 Å². The van der Waals surface area contributed by atoms with E-state index in [4.69, 9.17) is 4.84 Å². The molecule has 0 bridgehead atoms. The quantitative estimate of drug-likeness (QED) is 0.722. The van der Waals surface area contributed by atoms with Crippen LogP contribution in [0.3, 0.4) is 0 Å². The van der Waals surface area contributed by atoms with Crippen molar-refractivity contribution in [2.75, 3.05) is 40.3 Å². The molecule has 9 heteroatoms. The second-order valence-electron chi connectivity index (χ2n) is 7.10. The summed E-state index contributed by atoms with van der Waals surface area (Å²) in [5.74, 6) is -0.215. The Morgan fingerprint density at radius 3 is 2.56 bits per heavy atom. The number of piperidine rings is 1. The standard InChI is InChI=1S/C18H26N4O4S/c1-21(2)13-10-19-17(23)16-14-18(26-20-16)8-11-22(12-9-18)27(24,25)15-6-4-3-5-7-15/h3-7,14,20H,8-13H2,1-2H3,(H,19,23). The number of nitrogens with one attached hydrogen (secondary N) is 2. The number of carbonyl (C=O) groups excluding carboxylic acids is 1. The topological polar surface area (TPSA) is 91.0 Å². The molecule has 0 saturated carbocycles. The number of nitrogens with zero attached hydrogens (tertiary/aromatic N) is 2. The maximum atomic E-state index is 12.7. The van der Waals surface area contributed by atoms with Gasteiger partial charge in [-0.3, -0.25) is 15.1 Å². The predicted molar refractivity (Wildman–Crippen MR) is 101 cm³/mol. The number of likely N-dealkylation sites (N-methyl/N-ethyl adjacent to an activating group) is 1. The van der Waals surface area contributed by atoms with Crippen LogP contribution in [-0.4, -0.2) is 69.4 Å². The van der Waals surface area contributed by atoms with E-state index in [0.29, 0.717) is 43.1 Å². The number of carbonyl (C=O) groups is 1. The zero-order chi connectivity index (χ0) is 19.5. The van der Waals surface area contributed by atoms with Gasteiger partial charge in [-0.25, -0.2) is 8.42 Å². The molecule has 1 saturated heterocycles. The van der Waals surface area contributed by atoms with Crippen LogP contribution < -0.4 is 10.8 Å². The molecule has 2 aliphatic heterocycles. The number of hydrogen-bond acceptors (Lipinski definition) is 6. The third-order valence-electron chi connectivity index (χ3n) is 4.81. The minimum Gasteiger partial charge on any atom is -0.349 e. The molecule has 0 atom stereocenters. The minimum atomic E-state index is -3.51. The van der Waals surface area contributed by atoms with E-state index in [1.165, 1.54) is 4.31 Å². The van der Waals surface area contributed by atoms with Gasteiger partial charge in [-0.15, -0.1) is 0 Å². The van der Waals surface area contributed by atoms with Crippen LogP contribution in [0.4, 0.5) is 0 Å². The van der Waals surface area contributed by atoms with Gasteiger partial charge in [0.2, 0.25) is 10.0 Å². The summed E-state index contributed by atoms with van der Waals surface area (Å²) in [5.41, 5.74) is 2.45. The molecular formula is C18H26N4O4S. The molecule has 0 radical (unpaired) electrons. The zero-order valence-electron chi connectivity index (χ0n) is 15.6. The van der Waals surface area contributed by atoms with Crippen molar-refractivity contribution in [2.45, 2.75) is 23.3 Å². The van der Waals surface area contributed by atoms with Crippen LogP contribution in [-0.2, 0) is 19.7 Å². The van der Waals surface area contributed by atoms with E-state index in [1.807, 2.05) is 19.0 Å². The van der Waals surface area contributed by atoms with Crippen LogP contribution in [0, 0.1) is 0 Å². The first kappa shape index (κ1) is 19.8. The van der Waals surface area contributed by atoms with Gasteiger partial charge in [0.05, 0.1) is 4.90 Å². The van der Waals surface area contributed by atoms with Gasteiger partial charge in [0.25, 0.3) is 5.91 Å². The summed E-state index contributed by atoms with van der Waals surface area (Å²) < 4.78 is 26.9. The third kappa shape index (κ3) is 4.49. The fourth-order valence-electron chi connectivity index (χ4n) is 3.17. The lowest BCUT2D eigenvalue weighted by molar-refractivity contribution is -0.120. The number of rotatable bonds is 6. The fourth-order valence-corrected chi connectivity index (χ4v) is 4.63. The third-order valence-corrected chi connectivity index (χ3v) is 6.72. The Hall–Kier alpha value is -1.94. The average molecular weight is 394 g/mol. The smallest absolute Gasteiger partial charge is 0.269 e. The van der Waals surface area contributed by atoms with E-state index < -0.39 is 15.6 Å². The molecular weight excluding hydrogens is 368 g/mol. The molecule has 27 heavy (non-hydrogen) atoms. The normalized spacial score (nSPS) is 19.7. The van der Waals surface area contributed by atoms with Gasteiger partial charge in [0.1, 0.15) is 11.3 Å². The van der Waals surface area contributed by atoms with E-state index in [1.54, 1.807) is 36.4 Å². The van der Waals surface area contributed by atoms with Crippen molar-refractivity contribution >= 4 is 15.9 Å². The SMILES string of the molecule is CN(C)CCNC(=O)C1=CC2(CCN(S(=O)(=O)c3ccccc3)CC2)ON1. The number of benzene rings is 1. The Morgan fingerprint density at radius 1 is 1.26 bits per heavy atom. The second-order valence-corrected chi connectivity index (χ2v) is 9.04.